The van der Waals surface area contributed by atoms with E-state index in [4.69, 9.17) is 0 Å². The molecule has 1 fully saturated rings. The Kier molecular flexibility index (Phi) is 8.11. The minimum atomic E-state index is 0.361. The third-order valence-electron chi connectivity index (χ3n) is 4.53. The molecule has 0 aliphatic carbocycles. The van der Waals surface area contributed by atoms with Crippen LogP contribution >= 0.6 is 0 Å². The summed E-state index contributed by atoms with van der Waals surface area (Å²) in [4.78, 5) is 14.4. The fourth-order valence-electron chi connectivity index (χ4n) is 2.92. The van der Waals surface area contributed by atoms with Gasteiger partial charge in [-0.25, -0.2) is 0 Å². The van der Waals surface area contributed by atoms with Crippen LogP contribution in [0.4, 0.5) is 0 Å². The standard InChI is InChI=1S/C16H32N2O/c1-4-14(5-2)13-18(6-3)16(19)10-9-15-8-7-11-17-12-15/h14-15,17H,4-13H2,1-3H3. The molecule has 1 saturated heterocycles. The molecule has 0 bridgehead atoms. The van der Waals surface area contributed by atoms with Gasteiger partial charge in [0.25, 0.3) is 0 Å². The quantitative estimate of drug-likeness (QED) is 0.734. The molecule has 112 valence electrons. The van der Waals surface area contributed by atoms with Crippen molar-refractivity contribution < 1.29 is 4.79 Å². The first kappa shape index (κ1) is 16.5. The molecule has 1 N–H and O–H groups in total. The number of hydrogen-bond acceptors (Lipinski definition) is 2. The summed E-state index contributed by atoms with van der Waals surface area (Å²) >= 11 is 0. The van der Waals surface area contributed by atoms with E-state index < -0.39 is 0 Å². The normalized spacial score (nSPS) is 19.7. The minimum Gasteiger partial charge on any atom is -0.343 e. The maximum Gasteiger partial charge on any atom is 0.222 e. The second-order valence-electron chi connectivity index (χ2n) is 5.87. The molecule has 1 aliphatic rings. The molecule has 3 nitrogen and oxygen atoms in total. The summed E-state index contributed by atoms with van der Waals surface area (Å²) in [5.41, 5.74) is 0. The number of piperidine rings is 1. The Hall–Kier alpha value is -0.570. The first-order valence-corrected chi connectivity index (χ1v) is 8.19. The topological polar surface area (TPSA) is 32.3 Å². The van der Waals surface area contributed by atoms with Crippen LogP contribution in [0.1, 0.15) is 59.3 Å². The Morgan fingerprint density at radius 3 is 2.58 bits per heavy atom. The van der Waals surface area contributed by atoms with E-state index in [1.54, 1.807) is 0 Å². The molecule has 1 aliphatic heterocycles. The number of amides is 1. The van der Waals surface area contributed by atoms with Crippen LogP contribution < -0.4 is 5.32 Å². The molecule has 1 rings (SSSR count). The molecule has 1 amide bonds. The number of nitrogens with zero attached hydrogens (tertiary/aromatic N) is 1. The minimum absolute atomic E-state index is 0.361. The van der Waals surface area contributed by atoms with E-state index in [1.165, 1.54) is 25.7 Å². The van der Waals surface area contributed by atoms with Crippen molar-refractivity contribution in [2.75, 3.05) is 26.2 Å². The summed E-state index contributed by atoms with van der Waals surface area (Å²) < 4.78 is 0. The summed E-state index contributed by atoms with van der Waals surface area (Å²) in [6.45, 7) is 10.6. The van der Waals surface area contributed by atoms with Gasteiger partial charge in [0.1, 0.15) is 0 Å². The Balaban J connectivity index is 2.31. The van der Waals surface area contributed by atoms with Crippen molar-refractivity contribution in [2.45, 2.75) is 59.3 Å². The fourth-order valence-corrected chi connectivity index (χ4v) is 2.92. The van der Waals surface area contributed by atoms with Crippen molar-refractivity contribution in [3.8, 4) is 0 Å². The zero-order valence-corrected chi connectivity index (χ0v) is 13.1. The van der Waals surface area contributed by atoms with Crippen LogP contribution in [0.2, 0.25) is 0 Å². The van der Waals surface area contributed by atoms with E-state index >= 15 is 0 Å². The van der Waals surface area contributed by atoms with Crippen molar-refractivity contribution >= 4 is 5.91 Å². The molecule has 0 radical (unpaired) electrons. The maximum absolute atomic E-state index is 12.3. The van der Waals surface area contributed by atoms with Crippen LogP contribution in [-0.4, -0.2) is 37.0 Å². The van der Waals surface area contributed by atoms with E-state index in [9.17, 15) is 4.79 Å². The molecule has 0 aromatic rings. The van der Waals surface area contributed by atoms with E-state index in [0.717, 1.165) is 39.0 Å². The first-order chi connectivity index (χ1) is 9.21. The average Bonchev–Trinajstić information content (AvgIpc) is 2.47. The Morgan fingerprint density at radius 2 is 2.05 bits per heavy atom. The van der Waals surface area contributed by atoms with E-state index in [1.807, 2.05) is 0 Å². The number of nitrogens with one attached hydrogen (secondary N) is 1. The van der Waals surface area contributed by atoms with Gasteiger partial charge in [0.2, 0.25) is 5.91 Å². The lowest BCUT2D eigenvalue weighted by molar-refractivity contribution is -0.132. The van der Waals surface area contributed by atoms with Gasteiger partial charge in [-0.2, -0.15) is 0 Å². The smallest absolute Gasteiger partial charge is 0.222 e. The second kappa shape index (κ2) is 9.35. The highest BCUT2D eigenvalue weighted by atomic mass is 16.2. The highest BCUT2D eigenvalue weighted by Crippen LogP contribution is 2.17. The lowest BCUT2D eigenvalue weighted by atomic mass is 9.94. The van der Waals surface area contributed by atoms with Gasteiger partial charge >= 0.3 is 0 Å². The summed E-state index contributed by atoms with van der Waals surface area (Å²) in [5.74, 6) is 1.74. The van der Waals surface area contributed by atoms with E-state index in [2.05, 4.69) is 31.0 Å². The van der Waals surface area contributed by atoms with Gasteiger partial charge in [-0.15, -0.1) is 0 Å². The number of carbonyl (C=O) groups is 1. The van der Waals surface area contributed by atoms with Crippen LogP contribution in [0.25, 0.3) is 0 Å². The molecule has 3 heteroatoms. The summed E-state index contributed by atoms with van der Waals surface area (Å²) in [6.07, 6.45) is 6.70. The largest absolute Gasteiger partial charge is 0.343 e. The van der Waals surface area contributed by atoms with Crippen LogP contribution in [0.15, 0.2) is 0 Å². The monoisotopic (exact) mass is 268 g/mol. The Bertz CT molecular complexity index is 245. The van der Waals surface area contributed by atoms with Gasteiger partial charge < -0.3 is 10.2 Å². The second-order valence-corrected chi connectivity index (χ2v) is 5.87. The molecular formula is C16H32N2O. The van der Waals surface area contributed by atoms with Gasteiger partial charge in [-0.1, -0.05) is 26.7 Å². The van der Waals surface area contributed by atoms with Crippen LogP contribution in [0, 0.1) is 11.8 Å². The molecule has 0 aromatic carbocycles. The third-order valence-corrected chi connectivity index (χ3v) is 4.53. The summed E-state index contributed by atoms with van der Waals surface area (Å²) in [6, 6.07) is 0. The summed E-state index contributed by atoms with van der Waals surface area (Å²) in [7, 11) is 0. The molecule has 0 saturated carbocycles. The molecule has 1 unspecified atom stereocenters. The molecule has 0 spiro atoms. The lowest BCUT2D eigenvalue weighted by Crippen LogP contribution is -2.36. The maximum atomic E-state index is 12.3. The fraction of sp³-hybridized carbons (Fsp3) is 0.938. The van der Waals surface area contributed by atoms with Gasteiger partial charge in [-0.3, -0.25) is 4.79 Å². The highest BCUT2D eigenvalue weighted by Gasteiger charge is 2.18. The molecular weight excluding hydrogens is 236 g/mol. The SMILES string of the molecule is CCC(CC)CN(CC)C(=O)CCC1CCCNC1. The van der Waals surface area contributed by atoms with Crippen molar-refractivity contribution in [1.29, 1.82) is 0 Å². The van der Waals surface area contributed by atoms with Gasteiger partial charge in [0, 0.05) is 19.5 Å². The predicted molar refractivity (Wildman–Crippen MR) is 81.2 cm³/mol. The van der Waals surface area contributed by atoms with Gasteiger partial charge in [0.15, 0.2) is 0 Å². The lowest BCUT2D eigenvalue weighted by Gasteiger charge is -2.27. The molecule has 1 heterocycles. The number of carbonyl (C=O) groups excluding carboxylic acids is 1. The van der Waals surface area contributed by atoms with Gasteiger partial charge in [-0.05, 0) is 51.1 Å². The third kappa shape index (κ3) is 5.94. The highest BCUT2D eigenvalue weighted by molar-refractivity contribution is 5.76. The summed E-state index contributed by atoms with van der Waals surface area (Å²) in [5, 5.41) is 3.43. The van der Waals surface area contributed by atoms with Crippen LogP contribution in [0.5, 0.6) is 0 Å². The van der Waals surface area contributed by atoms with Crippen molar-refractivity contribution in [3.63, 3.8) is 0 Å². The molecule has 1 atom stereocenters. The zero-order valence-electron chi connectivity index (χ0n) is 13.1. The van der Waals surface area contributed by atoms with Crippen LogP contribution in [-0.2, 0) is 4.79 Å². The Labute approximate surface area is 119 Å². The average molecular weight is 268 g/mol. The van der Waals surface area contributed by atoms with Gasteiger partial charge in [0.05, 0.1) is 0 Å². The van der Waals surface area contributed by atoms with Crippen molar-refractivity contribution in [3.05, 3.63) is 0 Å². The van der Waals surface area contributed by atoms with E-state index in [0.29, 0.717) is 17.7 Å². The van der Waals surface area contributed by atoms with E-state index in [-0.39, 0.29) is 0 Å². The predicted octanol–water partition coefficient (Wildman–Crippen LogP) is 3.05. The Morgan fingerprint density at radius 1 is 1.32 bits per heavy atom. The zero-order chi connectivity index (χ0) is 14.1. The molecule has 0 aromatic heterocycles. The van der Waals surface area contributed by atoms with Crippen LogP contribution in [0.3, 0.4) is 0 Å². The van der Waals surface area contributed by atoms with Crippen molar-refractivity contribution in [2.24, 2.45) is 11.8 Å². The van der Waals surface area contributed by atoms with Crippen molar-refractivity contribution in [1.82, 2.24) is 10.2 Å². The first-order valence-electron chi connectivity index (χ1n) is 8.19. The number of hydrogen-bond donors (Lipinski definition) is 1. The number of rotatable bonds is 8. The molecule has 19 heavy (non-hydrogen) atoms.